The molecule has 0 aliphatic carbocycles. The van der Waals surface area contributed by atoms with Gasteiger partial charge in [-0.2, -0.15) is 0 Å². The maximum atomic E-state index is 12.5. The van der Waals surface area contributed by atoms with Crippen molar-refractivity contribution in [3.8, 4) is 0 Å². The average molecular weight is 134 g/mol. The van der Waals surface area contributed by atoms with Gasteiger partial charge < -0.3 is 0 Å². The molecule has 1 aromatic heterocycles. The fourth-order valence-corrected chi connectivity index (χ4v) is 0.929. The Morgan fingerprint density at radius 2 is 2.30 bits per heavy atom. The van der Waals surface area contributed by atoms with Crippen LogP contribution < -0.4 is 0 Å². The zero-order valence-electron chi connectivity index (χ0n) is 5.17. The van der Waals surface area contributed by atoms with E-state index in [4.69, 9.17) is 4.42 Å². The van der Waals surface area contributed by atoms with Gasteiger partial charge in [0, 0.05) is 0 Å². The summed E-state index contributed by atoms with van der Waals surface area (Å²) in [5.74, 6) is -0.262. The number of hydrogen-bond acceptors (Lipinski definition) is 1. The van der Waals surface area contributed by atoms with E-state index < -0.39 is 0 Å². The third-order valence-electron chi connectivity index (χ3n) is 1.42. The van der Waals surface area contributed by atoms with Gasteiger partial charge in [0.15, 0.2) is 0 Å². The van der Waals surface area contributed by atoms with Gasteiger partial charge in [-0.15, -0.1) is 0 Å². The molecule has 0 unspecified atom stereocenters. The van der Waals surface area contributed by atoms with Crippen molar-refractivity contribution in [1.29, 1.82) is 0 Å². The van der Waals surface area contributed by atoms with Crippen molar-refractivity contribution in [2.45, 2.75) is 0 Å². The molecule has 48 valence electrons. The van der Waals surface area contributed by atoms with Gasteiger partial charge >= 0.3 is 56.8 Å². The van der Waals surface area contributed by atoms with E-state index in [1.165, 1.54) is 12.1 Å². The third kappa shape index (κ3) is 0.745. The number of hydrogen-bond donors (Lipinski definition) is 0. The van der Waals surface area contributed by atoms with Crippen molar-refractivity contribution in [3.05, 3.63) is 30.2 Å². The number of benzene rings is 1. The molecule has 0 bridgehead atoms. The van der Waals surface area contributed by atoms with Crippen LogP contribution in [-0.4, -0.2) is 6.91 Å². The molecule has 1 heterocycles. The molecule has 0 aliphatic heterocycles. The van der Waals surface area contributed by atoms with Gasteiger partial charge in [-0.05, 0) is 0 Å². The van der Waals surface area contributed by atoms with Crippen molar-refractivity contribution in [1.82, 2.24) is 0 Å². The Hall–Kier alpha value is -1.12. The van der Waals surface area contributed by atoms with E-state index in [1.54, 1.807) is 19.1 Å². The molecule has 0 aliphatic rings. The Kier molecular flexibility index (Phi) is 1.10. The van der Waals surface area contributed by atoms with Crippen molar-refractivity contribution < 1.29 is 8.81 Å². The number of halogens is 1. The SMILES string of the molecule is Fc1ccc2bcoc2c1. The van der Waals surface area contributed by atoms with Gasteiger partial charge in [0.25, 0.3) is 0 Å². The molecule has 0 saturated heterocycles. The summed E-state index contributed by atoms with van der Waals surface area (Å²) in [7, 11) is 0. The molecule has 0 radical (unpaired) electrons. The standard InChI is InChI=1S/C7H4BFO/c9-5-1-2-6-7(3-5)10-4-8-6/h1-4H. The van der Waals surface area contributed by atoms with E-state index in [0.717, 1.165) is 5.28 Å². The predicted octanol–water partition coefficient (Wildman–Crippen LogP) is 1.91. The van der Waals surface area contributed by atoms with E-state index in [1.807, 2.05) is 0 Å². The normalized spacial score (nSPS) is 10.1. The second-order valence-electron chi connectivity index (χ2n) is 2.10. The van der Waals surface area contributed by atoms with Crippen LogP contribution in [0.2, 0.25) is 0 Å². The topological polar surface area (TPSA) is 13.1 Å². The molecular weight excluding hydrogens is 130 g/mol. The summed E-state index contributed by atoms with van der Waals surface area (Å²) >= 11 is 0. The average Bonchev–Trinajstić information content (AvgIpc) is 2.33. The molecule has 0 saturated carbocycles. The molecule has 0 N–H and O–H groups in total. The molecule has 1 nitrogen and oxygen atoms in total. The first kappa shape index (κ1) is 5.65. The molecule has 0 fully saturated rings. The van der Waals surface area contributed by atoms with Crippen molar-refractivity contribution in [2.75, 3.05) is 0 Å². The zero-order chi connectivity index (χ0) is 6.97. The van der Waals surface area contributed by atoms with Crippen LogP contribution in [0.15, 0.2) is 28.8 Å². The van der Waals surface area contributed by atoms with Gasteiger partial charge in [0.1, 0.15) is 0 Å². The predicted molar refractivity (Wildman–Crippen MR) is 37.5 cm³/mol. The first-order chi connectivity index (χ1) is 4.86. The monoisotopic (exact) mass is 134 g/mol. The fourth-order valence-electron chi connectivity index (χ4n) is 0.929. The van der Waals surface area contributed by atoms with E-state index in [2.05, 4.69) is 0 Å². The van der Waals surface area contributed by atoms with Crippen LogP contribution in [0.4, 0.5) is 4.39 Å². The Bertz CT molecular complexity index is 355. The molecule has 0 amide bonds. The second-order valence-corrected chi connectivity index (χ2v) is 2.10. The minimum atomic E-state index is -0.262. The summed E-state index contributed by atoms with van der Waals surface area (Å²) in [6, 6.07) is 4.47. The van der Waals surface area contributed by atoms with Crippen LogP contribution in [0, 0.1) is 5.82 Å². The first-order valence-corrected chi connectivity index (χ1v) is 2.99. The zero-order valence-corrected chi connectivity index (χ0v) is 5.17. The summed E-state index contributed by atoms with van der Waals surface area (Å²) in [5, 5.41) is 0.932. The summed E-state index contributed by atoms with van der Waals surface area (Å²) < 4.78 is 17.4. The van der Waals surface area contributed by atoms with E-state index in [9.17, 15) is 4.39 Å². The second kappa shape index (κ2) is 1.94. The maximum absolute atomic E-state index is 12.5. The summed E-state index contributed by atoms with van der Waals surface area (Å²) in [6.45, 7) is 1.80. The summed E-state index contributed by atoms with van der Waals surface area (Å²) in [6.07, 6.45) is 1.55. The van der Waals surface area contributed by atoms with Gasteiger partial charge in [-0.3, -0.25) is 0 Å². The van der Waals surface area contributed by atoms with E-state index >= 15 is 0 Å². The van der Waals surface area contributed by atoms with Crippen LogP contribution >= 0.6 is 0 Å². The molecular formula is C7H4BFO. The Morgan fingerprint density at radius 1 is 1.40 bits per heavy atom. The van der Waals surface area contributed by atoms with Crippen LogP contribution in [0.5, 0.6) is 0 Å². The van der Waals surface area contributed by atoms with Crippen molar-refractivity contribution >= 4 is 17.8 Å². The Labute approximate surface area is 57.7 Å². The number of rotatable bonds is 0. The molecule has 3 heteroatoms. The van der Waals surface area contributed by atoms with Gasteiger partial charge in [-0.25, -0.2) is 0 Å². The van der Waals surface area contributed by atoms with Gasteiger partial charge in [-0.1, -0.05) is 0 Å². The molecule has 1 aromatic carbocycles. The van der Waals surface area contributed by atoms with Crippen LogP contribution in [-0.2, 0) is 0 Å². The molecule has 10 heavy (non-hydrogen) atoms. The van der Waals surface area contributed by atoms with E-state index in [0.29, 0.717) is 5.58 Å². The third-order valence-corrected chi connectivity index (χ3v) is 1.42. The van der Waals surface area contributed by atoms with Crippen LogP contribution in [0.1, 0.15) is 0 Å². The van der Waals surface area contributed by atoms with Crippen LogP contribution in [0.3, 0.4) is 0 Å². The molecule has 0 spiro atoms. The van der Waals surface area contributed by atoms with E-state index in [-0.39, 0.29) is 5.82 Å². The Morgan fingerprint density at radius 3 is 3.20 bits per heavy atom. The molecule has 2 rings (SSSR count). The molecule has 0 atom stereocenters. The summed E-state index contributed by atoms with van der Waals surface area (Å²) in [5.41, 5.74) is 0.597. The number of fused-ring (bicyclic) bond motifs is 1. The molecule has 2 aromatic rings. The van der Waals surface area contributed by atoms with Crippen molar-refractivity contribution in [3.63, 3.8) is 0 Å². The minimum absolute atomic E-state index is 0.262. The first-order valence-electron chi connectivity index (χ1n) is 2.99. The van der Waals surface area contributed by atoms with Crippen LogP contribution in [0.25, 0.3) is 10.9 Å². The fraction of sp³-hybridized carbons (Fsp3) is 0. The van der Waals surface area contributed by atoms with Gasteiger partial charge in [0.05, 0.1) is 0 Å². The summed E-state index contributed by atoms with van der Waals surface area (Å²) in [4.78, 5) is 0. The van der Waals surface area contributed by atoms with Crippen molar-refractivity contribution in [2.24, 2.45) is 0 Å². The Balaban J connectivity index is 2.86. The quantitative estimate of drug-likeness (QED) is 0.536. The van der Waals surface area contributed by atoms with Gasteiger partial charge in [0.2, 0.25) is 0 Å².